The Labute approximate surface area is 164 Å². The summed E-state index contributed by atoms with van der Waals surface area (Å²) in [6, 6.07) is 5.43. The lowest BCUT2D eigenvalue weighted by Gasteiger charge is -2.29. The van der Waals surface area contributed by atoms with Crippen molar-refractivity contribution in [3.8, 4) is 0 Å². The molecule has 0 bridgehead atoms. The minimum absolute atomic E-state index is 0.278. The van der Waals surface area contributed by atoms with Crippen LogP contribution in [0.25, 0.3) is 0 Å². The van der Waals surface area contributed by atoms with Crippen molar-refractivity contribution < 1.29 is 19.4 Å². The fraction of sp³-hybridized carbons (Fsp3) is 0.412. The lowest BCUT2D eigenvalue weighted by atomic mass is 9.81. The molecule has 7 nitrogen and oxygen atoms in total. The highest BCUT2D eigenvalue weighted by atomic mass is 35.5. The van der Waals surface area contributed by atoms with Crippen LogP contribution in [-0.4, -0.2) is 58.6 Å². The Balaban J connectivity index is 1.63. The van der Waals surface area contributed by atoms with E-state index in [1.165, 1.54) is 0 Å². The van der Waals surface area contributed by atoms with Gasteiger partial charge in [-0.1, -0.05) is 22.9 Å². The van der Waals surface area contributed by atoms with Gasteiger partial charge in [0.05, 0.1) is 6.20 Å². The van der Waals surface area contributed by atoms with Crippen LogP contribution in [0, 0.1) is 5.13 Å². The number of rotatable bonds is 4. The van der Waals surface area contributed by atoms with Crippen LogP contribution >= 0.6 is 22.9 Å². The van der Waals surface area contributed by atoms with E-state index < -0.39 is 18.1 Å². The van der Waals surface area contributed by atoms with Crippen molar-refractivity contribution in [3.05, 3.63) is 40.1 Å². The van der Waals surface area contributed by atoms with Gasteiger partial charge in [-0.3, -0.25) is 4.79 Å². The van der Waals surface area contributed by atoms with Crippen molar-refractivity contribution in [2.24, 2.45) is 0 Å². The average molecular weight is 413 g/mol. The predicted molar refractivity (Wildman–Crippen MR) is 100 cm³/mol. The molecule has 2 aliphatic heterocycles. The quantitative estimate of drug-likeness (QED) is 0.661. The number of carbonyl (C=O) groups is 1. The second-order valence-electron chi connectivity index (χ2n) is 6.78. The number of aliphatic hydroxyl groups is 2. The Morgan fingerprint density at radius 2 is 2.30 bits per heavy atom. The van der Waals surface area contributed by atoms with Crippen molar-refractivity contribution in [3.63, 3.8) is 0 Å². The fourth-order valence-corrected chi connectivity index (χ4v) is 4.67. The first-order valence-electron chi connectivity index (χ1n) is 8.43. The third-order valence-corrected chi connectivity index (χ3v) is 6.13. The number of likely N-dealkylation sites (tertiary alicyclic amines) is 1. The summed E-state index contributed by atoms with van der Waals surface area (Å²) in [4.78, 5) is 19.2. The van der Waals surface area contributed by atoms with Crippen LogP contribution < -0.4 is 10.2 Å². The van der Waals surface area contributed by atoms with E-state index in [-0.39, 0.29) is 16.5 Å². The topological polar surface area (TPSA) is 88.9 Å². The first-order valence-corrected chi connectivity index (χ1v) is 9.62. The van der Waals surface area contributed by atoms with Crippen molar-refractivity contribution in [1.82, 2.24) is 9.88 Å². The molecule has 3 heterocycles. The molecule has 1 aromatic carbocycles. The smallest absolute Gasteiger partial charge is 0.248 e. The molecule has 1 amide bonds. The van der Waals surface area contributed by atoms with Crippen LogP contribution in [0.5, 0.6) is 0 Å². The molecule has 1 aromatic heterocycles. The molecule has 10 heteroatoms. The molecule has 2 aromatic rings. The molecule has 27 heavy (non-hydrogen) atoms. The summed E-state index contributed by atoms with van der Waals surface area (Å²) < 4.78 is 13.2. The van der Waals surface area contributed by atoms with Gasteiger partial charge in [0.1, 0.15) is 6.61 Å². The summed E-state index contributed by atoms with van der Waals surface area (Å²) in [5.41, 5.74) is 1.37. The van der Waals surface area contributed by atoms with Crippen LogP contribution in [-0.2, 0) is 10.2 Å². The molecule has 3 N–H and O–H groups in total. The summed E-state index contributed by atoms with van der Waals surface area (Å²) in [7, 11) is 0. The molecule has 1 spiro atoms. The second kappa shape index (κ2) is 6.90. The number of amides is 1. The molecule has 2 aliphatic rings. The van der Waals surface area contributed by atoms with Crippen LogP contribution in [0.2, 0.25) is 5.02 Å². The lowest BCUT2D eigenvalue weighted by molar-refractivity contribution is -0.133. The van der Waals surface area contributed by atoms with E-state index in [1.54, 1.807) is 15.9 Å². The molecule has 0 aliphatic carbocycles. The van der Waals surface area contributed by atoms with E-state index in [0.717, 1.165) is 28.8 Å². The summed E-state index contributed by atoms with van der Waals surface area (Å²) in [6.07, 6.45) is 0.674. The summed E-state index contributed by atoms with van der Waals surface area (Å²) in [5, 5.41) is 23.1. The number of halogens is 2. The normalized spacial score (nSPS) is 22.4. The molecule has 2 unspecified atom stereocenters. The van der Waals surface area contributed by atoms with Crippen molar-refractivity contribution in [1.29, 1.82) is 0 Å². The molecular formula is C17H18ClFN4O3S. The van der Waals surface area contributed by atoms with Gasteiger partial charge in [-0.15, -0.1) is 0 Å². The van der Waals surface area contributed by atoms with Gasteiger partial charge in [-0.05, 0) is 30.2 Å². The molecule has 2 atom stereocenters. The molecule has 1 fully saturated rings. The second-order valence-corrected chi connectivity index (χ2v) is 8.20. The minimum Gasteiger partial charge on any atom is -0.387 e. The van der Waals surface area contributed by atoms with E-state index in [4.69, 9.17) is 16.7 Å². The molecular weight excluding hydrogens is 395 g/mol. The molecule has 0 saturated carbocycles. The lowest BCUT2D eigenvalue weighted by Crippen LogP contribution is -2.45. The molecule has 0 radical (unpaired) electrons. The molecule has 4 rings (SSSR count). The molecule has 1 saturated heterocycles. The Morgan fingerprint density at radius 3 is 3.00 bits per heavy atom. The highest BCUT2D eigenvalue weighted by molar-refractivity contribution is 7.13. The number of anilines is 2. The Hall–Kier alpha value is -1.94. The first kappa shape index (κ1) is 18.4. The van der Waals surface area contributed by atoms with Gasteiger partial charge in [-0.25, -0.2) is 4.98 Å². The van der Waals surface area contributed by atoms with Crippen LogP contribution in [0.15, 0.2) is 24.4 Å². The van der Waals surface area contributed by atoms with E-state index >= 15 is 0 Å². The van der Waals surface area contributed by atoms with Crippen molar-refractivity contribution in [2.75, 3.05) is 36.5 Å². The Bertz CT molecular complexity index is 882. The largest absolute Gasteiger partial charge is 0.387 e. The van der Waals surface area contributed by atoms with Crippen LogP contribution in [0.4, 0.5) is 15.2 Å². The summed E-state index contributed by atoms with van der Waals surface area (Å²) in [5.74, 6) is -0.314. The van der Waals surface area contributed by atoms with E-state index in [2.05, 4.69) is 10.3 Å². The van der Waals surface area contributed by atoms with Gasteiger partial charge < -0.3 is 25.3 Å². The van der Waals surface area contributed by atoms with Gasteiger partial charge in [-0.2, -0.15) is 4.39 Å². The number of carbonyl (C=O) groups excluding carboxylic acids is 1. The van der Waals surface area contributed by atoms with Gasteiger partial charge in [0.25, 0.3) is 0 Å². The summed E-state index contributed by atoms with van der Waals surface area (Å²) in [6.45, 7) is 0.900. The Kier molecular flexibility index (Phi) is 4.71. The van der Waals surface area contributed by atoms with Crippen LogP contribution in [0.1, 0.15) is 12.0 Å². The van der Waals surface area contributed by atoms with Gasteiger partial charge in [0, 0.05) is 35.8 Å². The highest BCUT2D eigenvalue weighted by Crippen LogP contribution is 2.47. The van der Waals surface area contributed by atoms with Gasteiger partial charge in [0.15, 0.2) is 10.3 Å². The van der Waals surface area contributed by atoms with E-state index in [0.29, 0.717) is 31.1 Å². The maximum absolute atomic E-state index is 13.2. The van der Waals surface area contributed by atoms with Gasteiger partial charge in [0.2, 0.25) is 12.3 Å². The molecule has 144 valence electrons. The number of nitrogens with zero attached hydrogens (tertiary/aromatic N) is 3. The predicted octanol–water partition coefficient (Wildman–Crippen LogP) is 1.61. The zero-order chi connectivity index (χ0) is 19.2. The first-order chi connectivity index (χ1) is 12.9. The number of fused-ring (bicyclic) bond motifs is 2. The number of hydrogen-bond acceptors (Lipinski definition) is 7. The number of aromatic nitrogens is 1. The monoisotopic (exact) mass is 412 g/mol. The fourth-order valence-electron chi connectivity index (χ4n) is 3.94. The third-order valence-electron chi connectivity index (χ3n) is 5.18. The standard InChI is InChI=1S/C17H18ClFN4O3S/c18-10-1-2-12-11(5-10)17(3-4-22(8-17)14(25)7-24)9-23(12)16(26)21-15-20-6-13(19)27-15/h1-2,5-6,16,24,26H,3-4,7-9H2,(H,20,21). The zero-order valence-corrected chi connectivity index (χ0v) is 15.8. The zero-order valence-electron chi connectivity index (χ0n) is 14.2. The van der Waals surface area contributed by atoms with E-state index in [9.17, 15) is 14.3 Å². The number of hydrogen-bond donors (Lipinski definition) is 3. The number of nitrogens with one attached hydrogen (secondary N) is 1. The third kappa shape index (κ3) is 3.25. The minimum atomic E-state index is -1.11. The van der Waals surface area contributed by atoms with E-state index in [1.807, 2.05) is 12.1 Å². The highest BCUT2D eigenvalue weighted by Gasteiger charge is 2.49. The van der Waals surface area contributed by atoms with Crippen molar-refractivity contribution >= 4 is 39.7 Å². The number of benzene rings is 1. The Morgan fingerprint density at radius 1 is 1.48 bits per heavy atom. The maximum atomic E-state index is 13.2. The van der Waals surface area contributed by atoms with Crippen LogP contribution in [0.3, 0.4) is 0 Å². The maximum Gasteiger partial charge on any atom is 0.248 e. The number of aliphatic hydroxyl groups excluding tert-OH is 2. The summed E-state index contributed by atoms with van der Waals surface area (Å²) >= 11 is 7.02. The number of thiazole rings is 1. The average Bonchev–Trinajstić information content (AvgIpc) is 3.34. The van der Waals surface area contributed by atoms with Crippen molar-refractivity contribution in [2.45, 2.75) is 18.2 Å². The SMILES string of the molecule is O=C(CO)N1CCC2(C1)CN(C(O)Nc1ncc(F)s1)c1ccc(Cl)cc12. The van der Waals surface area contributed by atoms with Gasteiger partial charge >= 0.3 is 0 Å².